The van der Waals surface area contributed by atoms with Crippen LogP contribution in [0.1, 0.15) is 19.3 Å². The highest BCUT2D eigenvalue weighted by Gasteiger charge is 2.42. The van der Waals surface area contributed by atoms with E-state index >= 15 is 0 Å². The van der Waals surface area contributed by atoms with Gasteiger partial charge in [-0.05, 0) is 40.9 Å². The third-order valence-electron chi connectivity index (χ3n) is 3.35. The molecular weight excluding hydrogens is 348 g/mol. The van der Waals surface area contributed by atoms with Crippen molar-refractivity contribution >= 4 is 37.7 Å². The molecule has 1 saturated carbocycles. The van der Waals surface area contributed by atoms with Crippen LogP contribution in [0, 0.1) is 5.92 Å². The minimum Gasteiger partial charge on any atom is -0.469 e. The molecular formula is C12H15BrN2O4S. The number of aromatic nitrogens is 1. The van der Waals surface area contributed by atoms with Gasteiger partial charge in [0.2, 0.25) is 10.0 Å². The fourth-order valence-corrected chi connectivity index (χ4v) is 4.62. The first-order chi connectivity index (χ1) is 9.45. The molecule has 2 unspecified atom stereocenters. The van der Waals surface area contributed by atoms with Gasteiger partial charge in [0.05, 0.1) is 22.8 Å². The maximum absolute atomic E-state index is 12.4. The van der Waals surface area contributed by atoms with E-state index in [0.717, 1.165) is 0 Å². The van der Waals surface area contributed by atoms with Crippen molar-refractivity contribution in [2.24, 2.45) is 5.92 Å². The summed E-state index contributed by atoms with van der Waals surface area (Å²) in [5.41, 5.74) is 0. The second-order valence-corrected chi connectivity index (χ2v) is 7.33. The second-order valence-electron chi connectivity index (χ2n) is 4.58. The number of hydrogen-bond donors (Lipinski definition) is 1. The predicted molar refractivity (Wildman–Crippen MR) is 77.6 cm³/mol. The number of sulfonamides is 1. The third kappa shape index (κ3) is 3.12. The summed E-state index contributed by atoms with van der Waals surface area (Å²) in [5, 5.41) is -0.774. The zero-order valence-corrected chi connectivity index (χ0v) is 13.3. The fraction of sp³-hybridized carbons (Fsp3) is 0.500. The predicted octanol–water partition coefficient (Wildman–Crippen LogP) is 1.93. The van der Waals surface area contributed by atoms with E-state index in [4.69, 9.17) is 0 Å². The van der Waals surface area contributed by atoms with Gasteiger partial charge >= 0.3 is 5.97 Å². The van der Waals surface area contributed by atoms with Crippen molar-refractivity contribution in [3.63, 3.8) is 0 Å². The Morgan fingerprint density at radius 2 is 2.25 bits per heavy atom. The Bertz CT molecular complexity index is 605. The number of ether oxygens (including phenoxy) is 1. The highest BCUT2D eigenvalue weighted by atomic mass is 79.9. The molecule has 0 saturated heterocycles. The largest absolute Gasteiger partial charge is 0.469 e. The molecule has 1 aliphatic rings. The topological polar surface area (TPSA) is 85.4 Å². The first kappa shape index (κ1) is 15.2. The van der Waals surface area contributed by atoms with E-state index in [0.29, 0.717) is 23.7 Å². The number of nitrogens with zero attached hydrogens (tertiary/aromatic N) is 1. The number of halogens is 1. The first-order valence-electron chi connectivity index (χ1n) is 6.15. The van der Waals surface area contributed by atoms with Crippen LogP contribution in [0.25, 0.3) is 0 Å². The molecule has 110 valence electrons. The summed E-state index contributed by atoms with van der Waals surface area (Å²) in [7, 11) is -2.41. The highest BCUT2D eigenvalue weighted by Crippen LogP contribution is 2.33. The Balaban J connectivity index is 2.22. The molecule has 0 radical (unpaired) electrons. The van der Waals surface area contributed by atoms with Crippen molar-refractivity contribution < 1.29 is 17.9 Å². The number of carbonyl (C=O) groups is 1. The monoisotopic (exact) mass is 362 g/mol. The quantitative estimate of drug-likeness (QED) is 0.827. The molecule has 20 heavy (non-hydrogen) atoms. The summed E-state index contributed by atoms with van der Waals surface area (Å²) in [4.78, 5) is 15.6. The van der Waals surface area contributed by atoms with E-state index in [1.165, 1.54) is 13.3 Å². The molecule has 2 rings (SSSR count). The van der Waals surface area contributed by atoms with Gasteiger partial charge in [-0.3, -0.25) is 9.52 Å². The van der Waals surface area contributed by atoms with E-state index in [-0.39, 0.29) is 5.82 Å². The number of methoxy groups -OCH3 is 1. The lowest BCUT2D eigenvalue weighted by molar-refractivity contribution is -0.145. The van der Waals surface area contributed by atoms with Crippen molar-refractivity contribution in [3.05, 3.63) is 22.8 Å². The first-order valence-corrected chi connectivity index (χ1v) is 8.49. The second kappa shape index (κ2) is 6.09. The SMILES string of the molecule is COC(=O)C1CCCC1S(=O)(=O)Nc1ncccc1Br. The normalized spacial score (nSPS) is 22.5. The number of nitrogens with one attached hydrogen (secondary N) is 1. The molecule has 1 aromatic heterocycles. The Morgan fingerprint density at radius 3 is 2.90 bits per heavy atom. The fourth-order valence-electron chi connectivity index (χ4n) is 2.39. The Kier molecular flexibility index (Phi) is 4.64. The average molecular weight is 363 g/mol. The number of esters is 1. The zero-order valence-electron chi connectivity index (χ0n) is 10.9. The Hall–Kier alpha value is -1.15. The lowest BCUT2D eigenvalue weighted by Gasteiger charge is -2.19. The number of hydrogen-bond acceptors (Lipinski definition) is 5. The minimum atomic E-state index is -3.68. The van der Waals surface area contributed by atoms with E-state index < -0.39 is 27.2 Å². The molecule has 0 aromatic carbocycles. The minimum absolute atomic E-state index is 0.225. The van der Waals surface area contributed by atoms with E-state index in [2.05, 4.69) is 30.4 Å². The zero-order chi connectivity index (χ0) is 14.8. The smallest absolute Gasteiger partial charge is 0.310 e. The van der Waals surface area contributed by atoms with Crippen molar-refractivity contribution in [2.45, 2.75) is 24.5 Å². The molecule has 2 atom stereocenters. The summed E-state index contributed by atoms with van der Waals surface area (Å²) >= 11 is 3.23. The highest BCUT2D eigenvalue weighted by molar-refractivity contribution is 9.10. The van der Waals surface area contributed by atoms with Gasteiger partial charge in [0, 0.05) is 6.20 Å². The van der Waals surface area contributed by atoms with Crippen molar-refractivity contribution in [3.8, 4) is 0 Å². The lowest BCUT2D eigenvalue weighted by Crippen LogP contribution is -2.35. The summed E-state index contributed by atoms with van der Waals surface area (Å²) in [6, 6.07) is 3.38. The molecule has 1 N–H and O–H groups in total. The van der Waals surface area contributed by atoms with Gasteiger partial charge in [-0.25, -0.2) is 13.4 Å². The number of rotatable bonds is 4. The van der Waals surface area contributed by atoms with Crippen LogP contribution in [0.15, 0.2) is 22.8 Å². The van der Waals surface area contributed by atoms with Crippen molar-refractivity contribution in [1.29, 1.82) is 0 Å². The summed E-state index contributed by atoms with van der Waals surface area (Å²) in [6.45, 7) is 0. The van der Waals surface area contributed by atoms with Crippen LogP contribution >= 0.6 is 15.9 Å². The number of carbonyl (C=O) groups excluding carboxylic acids is 1. The third-order valence-corrected chi connectivity index (χ3v) is 5.83. The van der Waals surface area contributed by atoms with Gasteiger partial charge in [-0.2, -0.15) is 0 Å². The summed E-state index contributed by atoms with van der Waals surface area (Å²) in [6.07, 6.45) is 3.16. The van der Waals surface area contributed by atoms with Gasteiger partial charge in [0.1, 0.15) is 0 Å². The molecule has 1 heterocycles. The van der Waals surface area contributed by atoms with Gasteiger partial charge in [-0.15, -0.1) is 0 Å². The summed E-state index contributed by atoms with van der Waals surface area (Å²) in [5.74, 6) is -0.860. The number of anilines is 1. The van der Waals surface area contributed by atoms with Crippen LogP contribution in [-0.2, 0) is 19.6 Å². The Labute approximate surface area is 126 Å². The van der Waals surface area contributed by atoms with Gasteiger partial charge < -0.3 is 4.74 Å². The standard InChI is InChI=1S/C12H15BrN2O4S/c1-19-12(16)8-4-2-6-10(8)20(17,18)15-11-9(13)5-3-7-14-11/h3,5,7-8,10H,2,4,6H2,1H3,(H,14,15). The molecule has 1 aliphatic carbocycles. The maximum Gasteiger partial charge on any atom is 0.310 e. The van der Waals surface area contributed by atoms with Gasteiger partial charge in [0.25, 0.3) is 0 Å². The molecule has 1 fully saturated rings. The van der Waals surface area contributed by atoms with Gasteiger partial charge in [0.15, 0.2) is 5.82 Å². The van der Waals surface area contributed by atoms with Crippen LogP contribution in [-0.4, -0.2) is 31.7 Å². The van der Waals surface area contributed by atoms with Crippen LogP contribution in [0.4, 0.5) is 5.82 Å². The number of pyridine rings is 1. The molecule has 0 amide bonds. The lowest BCUT2D eigenvalue weighted by atomic mass is 10.1. The van der Waals surface area contributed by atoms with Crippen LogP contribution in [0.3, 0.4) is 0 Å². The van der Waals surface area contributed by atoms with Crippen molar-refractivity contribution in [2.75, 3.05) is 11.8 Å². The van der Waals surface area contributed by atoms with Crippen molar-refractivity contribution in [1.82, 2.24) is 4.98 Å². The maximum atomic E-state index is 12.4. The van der Waals surface area contributed by atoms with Gasteiger partial charge in [-0.1, -0.05) is 6.42 Å². The molecule has 0 spiro atoms. The van der Waals surface area contributed by atoms with E-state index in [9.17, 15) is 13.2 Å². The van der Waals surface area contributed by atoms with E-state index in [1.807, 2.05) is 0 Å². The van der Waals surface area contributed by atoms with Crippen LogP contribution in [0.2, 0.25) is 0 Å². The Morgan fingerprint density at radius 1 is 1.50 bits per heavy atom. The molecule has 6 nitrogen and oxygen atoms in total. The molecule has 8 heteroatoms. The van der Waals surface area contributed by atoms with E-state index in [1.54, 1.807) is 12.1 Å². The average Bonchev–Trinajstić information content (AvgIpc) is 2.90. The molecule has 0 bridgehead atoms. The van der Waals surface area contributed by atoms with Crippen LogP contribution in [0.5, 0.6) is 0 Å². The van der Waals surface area contributed by atoms with Crippen LogP contribution < -0.4 is 4.72 Å². The summed E-state index contributed by atoms with van der Waals surface area (Å²) < 4.78 is 32.5. The molecule has 1 aromatic rings. The molecule has 0 aliphatic heterocycles.